The lowest BCUT2D eigenvalue weighted by atomic mass is 10.0. The van der Waals surface area contributed by atoms with E-state index in [0.717, 1.165) is 27.3 Å². The number of nitrogens with one attached hydrogen (secondary N) is 1. The molecule has 3 aromatic carbocycles. The summed E-state index contributed by atoms with van der Waals surface area (Å²) < 4.78 is 21.6. The molecule has 0 aliphatic rings. The van der Waals surface area contributed by atoms with Crippen LogP contribution in [0.4, 0.5) is 10.1 Å². The molecule has 2 heterocycles. The number of halogens is 1. The highest BCUT2D eigenvalue weighted by molar-refractivity contribution is 6.09. The molecule has 0 atom stereocenters. The summed E-state index contributed by atoms with van der Waals surface area (Å²) in [7, 11) is 0. The van der Waals surface area contributed by atoms with Crippen LogP contribution in [-0.2, 0) is 11.2 Å². The number of hydrogen-bond acceptors (Lipinski definition) is 3. The molecule has 0 fully saturated rings. The van der Waals surface area contributed by atoms with E-state index in [1.807, 2.05) is 36.4 Å². The van der Waals surface area contributed by atoms with Crippen molar-refractivity contribution >= 4 is 33.3 Å². The van der Waals surface area contributed by atoms with Gasteiger partial charge in [-0.2, -0.15) is 0 Å². The molecule has 1 amide bonds. The predicted octanol–water partition coefficient (Wildman–Crippen LogP) is 5.09. The molecule has 0 unspecified atom stereocenters. The van der Waals surface area contributed by atoms with Crippen LogP contribution in [0.1, 0.15) is 5.56 Å². The Morgan fingerprint density at radius 3 is 2.86 bits per heavy atom. The van der Waals surface area contributed by atoms with Gasteiger partial charge in [0.25, 0.3) is 0 Å². The SMILES string of the molecule is O=C(Cc1coc2ccc3ccccc3c12)Nc1ccc(-n2ccnc2)c(F)c1. The Bertz CT molecular complexity index is 1340. The molecule has 0 aliphatic carbocycles. The zero-order valence-corrected chi connectivity index (χ0v) is 15.3. The van der Waals surface area contributed by atoms with Crippen LogP contribution in [0.25, 0.3) is 27.4 Å². The minimum Gasteiger partial charge on any atom is -0.464 e. The van der Waals surface area contributed by atoms with Crippen LogP contribution in [0, 0.1) is 5.82 Å². The summed E-state index contributed by atoms with van der Waals surface area (Å²) in [5, 5.41) is 5.81. The summed E-state index contributed by atoms with van der Waals surface area (Å²) in [6.07, 6.45) is 6.50. The predicted molar refractivity (Wildman–Crippen MR) is 110 cm³/mol. The smallest absolute Gasteiger partial charge is 0.228 e. The number of aromatic nitrogens is 2. The monoisotopic (exact) mass is 385 g/mol. The van der Waals surface area contributed by atoms with Gasteiger partial charge in [0.05, 0.1) is 24.7 Å². The maximum atomic E-state index is 14.4. The molecule has 0 bridgehead atoms. The van der Waals surface area contributed by atoms with Crippen molar-refractivity contribution in [2.75, 3.05) is 5.32 Å². The van der Waals surface area contributed by atoms with Crippen molar-refractivity contribution < 1.29 is 13.6 Å². The Morgan fingerprint density at radius 1 is 1.14 bits per heavy atom. The van der Waals surface area contributed by atoms with Crippen molar-refractivity contribution in [1.29, 1.82) is 0 Å². The third-order valence-electron chi connectivity index (χ3n) is 4.91. The zero-order valence-electron chi connectivity index (χ0n) is 15.3. The fourth-order valence-corrected chi connectivity index (χ4v) is 3.58. The van der Waals surface area contributed by atoms with Crippen molar-refractivity contribution in [2.24, 2.45) is 0 Å². The van der Waals surface area contributed by atoms with E-state index in [-0.39, 0.29) is 12.3 Å². The average molecular weight is 385 g/mol. The number of carbonyl (C=O) groups is 1. The molecule has 142 valence electrons. The maximum absolute atomic E-state index is 14.4. The second kappa shape index (κ2) is 6.91. The molecule has 1 N–H and O–H groups in total. The van der Waals surface area contributed by atoms with Gasteiger partial charge < -0.3 is 14.3 Å². The second-order valence-electron chi connectivity index (χ2n) is 6.78. The van der Waals surface area contributed by atoms with E-state index in [2.05, 4.69) is 10.3 Å². The lowest BCUT2D eigenvalue weighted by molar-refractivity contribution is -0.115. The number of imidazole rings is 1. The summed E-state index contributed by atoms with van der Waals surface area (Å²) in [6, 6.07) is 16.4. The Kier molecular flexibility index (Phi) is 4.09. The van der Waals surface area contributed by atoms with Gasteiger partial charge in [-0.05, 0) is 35.0 Å². The highest BCUT2D eigenvalue weighted by Gasteiger charge is 2.14. The molecule has 0 radical (unpaired) electrons. The summed E-state index contributed by atoms with van der Waals surface area (Å²) in [5.74, 6) is -0.684. The van der Waals surface area contributed by atoms with Gasteiger partial charge in [-0.25, -0.2) is 9.37 Å². The van der Waals surface area contributed by atoms with Gasteiger partial charge in [0.2, 0.25) is 5.91 Å². The highest BCUT2D eigenvalue weighted by atomic mass is 19.1. The van der Waals surface area contributed by atoms with Gasteiger partial charge in [-0.3, -0.25) is 4.79 Å². The number of fused-ring (bicyclic) bond motifs is 3. The number of benzene rings is 3. The van der Waals surface area contributed by atoms with Crippen LogP contribution in [0.2, 0.25) is 0 Å². The first kappa shape index (κ1) is 17.2. The lowest BCUT2D eigenvalue weighted by Gasteiger charge is -2.08. The van der Waals surface area contributed by atoms with Crippen LogP contribution >= 0.6 is 0 Å². The fraction of sp³-hybridized carbons (Fsp3) is 0.0435. The van der Waals surface area contributed by atoms with Crippen LogP contribution in [0.3, 0.4) is 0 Å². The molecule has 5 rings (SSSR count). The maximum Gasteiger partial charge on any atom is 0.228 e. The molecule has 0 spiro atoms. The van der Waals surface area contributed by atoms with Crippen LogP contribution in [0.15, 0.2) is 84.0 Å². The zero-order chi connectivity index (χ0) is 19.8. The summed E-state index contributed by atoms with van der Waals surface area (Å²) in [4.78, 5) is 16.5. The number of carbonyl (C=O) groups excluding carboxylic acids is 1. The molecule has 0 aliphatic heterocycles. The molecule has 5 nitrogen and oxygen atoms in total. The van der Waals surface area contributed by atoms with Crippen LogP contribution in [-0.4, -0.2) is 15.5 Å². The first-order chi connectivity index (χ1) is 14.2. The van der Waals surface area contributed by atoms with Crippen LogP contribution in [0.5, 0.6) is 0 Å². The molecule has 29 heavy (non-hydrogen) atoms. The fourth-order valence-electron chi connectivity index (χ4n) is 3.58. The van der Waals surface area contributed by atoms with Gasteiger partial charge in [0, 0.05) is 29.0 Å². The average Bonchev–Trinajstić information content (AvgIpc) is 3.38. The quantitative estimate of drug-likeness (QED) is 0.469. The summed E-state index contributed by atoms with van der Waals surface area (Å²) in [6.45, 7) is 0. The number of amides is 1. The van der Waals surface area contributed by atoms with Crippen molar-refractivity contribution in [2.45, 2.75) is 6.42 Å². The van der Waals surface area contributed by atoms with E-state index in [9.17, 15) is 9.18 Å². The minimum absolute atomic E-state index is 0.131. The first-order valence-corrected chi connectivity index (χ1v) is 9.14. The highest BCUT2D eigenvalue weighted by Crippen LogP contribution is 2.30. The Morgan fingerprint density at radius 2 is 2.03 bits per heavy atom. The Labute approximate surface area is 165 Å². The van der Waals surface area contributed by atoms with Gasteiger partial charge in [0.15, 0.2) is 0 Å². The second-order valence-corrected chi connectivity index (χ2v) is 6.78. The summed E-state index contributed by atoms with van der Waals surface area (Å²) >= 11 is 0. The number of rotatable bonds is 4. The van der Waals surface area contributed by atoms with Crippen molar-refractivity contribution in [1.82, 2.24) is 9.55 Å². The lowest BCUT2D eigenvalue weighted by Crippen LogP contribution is -2.14. The molecule has 6 heteroatoms. The first-order valence-electron chi connectivity index (χ1n) is 9.14. The molecule has 5 aromatic rings. The Hall–Kier alpha value is -3.93. The minimum atomic E-state index is -0.444. The third-order valence-corrected chi connectivity index (χ3v) is 4.91. The van der Waals surface area contributed by atoms with E-state index < -0.39 is 5.82 Å². The van der Waals surface area contributed by atoms with Crippen molar-refractivity contribution in [3.05, 3.63) is 91.0 Å². The van der Waals surface area contributed by atoms with Crippen molar-refractivity contribution in [3.8, 4) is 5.69 Å². The molecule has 0 saturated heterocycles. The van der Waals surface area contributed by atoms with Crippen LogP contribution < -0.4 is 5.32 Å². The number of hydrogen-bond donors (Lipinski definition) is 1. The standard InChI is InChI=1S/C23H16FN3O2/c24-19-12-17(6-7-20(19)27-10-9-25-14-27)26-22(28)11-16-13-29-21-8-5-15-3-1-2-4-18(15)23(16)21/h1-10,12-14H,11H2,(H,26,28). The number of furan rings is 1. The van der Waals surface area contributed by atoms with E-state index in [4.69, 9.17) is 4.42 Å². The largest absolute Gasteiger partial charge is 0.464 e. The van der Waals surface area contributed by atoms with Gasteiger partial charge in [0.1, 0.15) is 11.4 Å². The van der Waals surface area contributed by atoms with E-state index in [1.54, 1.807) is 35.4 Å². The normalized spacial score (nSPS) is 11.2. The molecule has 2 aromatic heterocycles. The van der Waals surface area contributed by atoms with E-state index >= 15 is 0 Å². The van der Waals surface area contributed by atoms with Gasteiger partial charge >= 0.3 is 0 Å². The molecule has 0 saturated carbocycles. The number of nitrogens with zero attached hydrogens (tertiary/aromatic N) is 2. The summed E-state index contributed by atoms with van der Waals surface area (Å²) in [5.41, 5.74) is 2.30. The molecular weight excluding hydrogens is 369 g/mol. The Balaban J connectivity index is 1.40. The van der Waals surface area contributed by atoms with Gasteiger partial charge in [-0.1, -0.05) is 30.3 Å². The number of anilines is 1. The van der Waals surface area contributed by atoms with Gasteiger partial charge in [-0.15, -0.1) is 0 Å². The van der Waals surface area contributed by atoms with Crippen molar-refractivity contribution in [3.63, 3.8) is 0 Å². The third kappa shape index (κ3) is 3.14. The van der Waals surface area contributed by atoms with E-state index in [1.165, 1.54) is 12.4 Å². The topological polar surface area (TPSA) is 60.1 Å². The van der Waals surface area contributed by atoms with E-state index in [0.29, 0.717) is 11.4 Å². The molecular formula is C23H16FN3O2.